The number of anilines is 1. The number of aryl methyl sites for hydroxylation is 1. The molecule has 0 bridgehead atoms. The minimum atomic E-state index is 0.713. The minimum absolute atomic E-state index is 0.713. The number of aromatic nitrogens is 2. The number of nitrogens with zero attached hydrogens (tertiary/aromatic N) is 2. The Morgan fingerprint density at radius 3 is 2.53 bits per heavy atom. The van der Waals surface area contributed by atoms with E-state index in [2.05, 4.69) is 29.1 Å². The van der Waals surface area contributed by atoms with E-state index < -0.39 is 0 Å². The van der Waals surface area contributed by atoms with Crippen molar-refractivity contribution < 1.29 is 4.74 Å². The molecule has 0 amide bonds. The van der Waals surface area contributed by atoms with Crippen LogP contribution >= 0.6 is 0 Å². The molecule has 0 spiro atoms. The lowest BCUT2D eigenvalue weighted by molar-refractivity contribution is 0.294. The fourth-order valence-corrected chi connectivity index (χ4v) is 1.47. The molecule has 1 heterocycles. The second-order valence-electron chi connectivity index (χ2n) is 4.18. The predicted molar refractivity (Wildman–Crippen MR) is 70.7 cm³/mol. The van der Waals surface area contributed by atoms with Gasteiger partial charge >= 0.3 is 0 Å². The Labute approximate surface area is 104 Å². The molecule has 0 aromatic carbocycles. The quantitative estimate of drug-likeness (QED) is 0.740. The molecule has 0 atom stereocenters. The van der Waals surface area contributed by atoms with E-state index in [0.717, 1.165) is 49.6 Å². The van der Waals surface area contributed by atoms with Gasteiger partial charge in [0.1, 0.15) is 11.6 Å². The Balaban J connectivity index is 2.77. The number of ether oxygens (including phenoxy) is 1. The van der Waals surface area contributed by atoms with Crippen LogP contribution in [0.2, 0.25) is 0 Å². The molecule has 0 aliphatic rings. The fourth-order valence-electron chi connectivity index (χ4n) is 1.47. The minimum Gasteiger partial charge on any atom is -0.477 e. The number of hydrogen-bond donors (Lipinski definition) is 1. The van der Waals surface area contributed by atoms with Gasteiger partial charge < -0.3 is 10.1 Å². The summed E-state index contributed by atoms with van der Waals surface area (Å²) in [4.78, 5) is 8.74. The normalized spacial score (nSPS) is 10.4. The zero-order valence-electron chi connectivity index (χ0n) is 11.3. The summed E-state index contributed by atoms with van der Waals surface area (Å²) in [7, 11) is 0. The molecule has 1 N–H and O–H groups in total. The highest BCUT2D eigenvalue weighted by Gasteiger charge is 2.09. The average Bonchev–Trinajstić information content (AvgIpc) is 2.31. The van der Waals surface area contributed by atoms with Crippen LogP contribution in [0.4, 0.5) is 5.82 Å². The van der Waals surface area contributed by atoms with Crippen molar-refractivity contribution in [3.8, 4) is 5.88 Å². The molecule has 4 heteroatoms. The Hall–Kier alpha value is -1.32. The van der Waals surface area contributed by atoms with Crippen molar-refractivity contribution >= 4 is 5.82 Å². The third-order valence-corrected chi connectivity index (χ3v) is 2.49. The van der Waals surface area contributed by atoms with Crippen molar-refractivity contribution in [3.63, 3.8) is 0 Å². The zero-order valence-corrected chi connectivity index (χ0v) is 11.3. The largest absolute Gasteiger partial charge is 0.477 e. The summed E-state index contributed by atoms with van der Waals surface area (Å²) in [5, 5.41) is 3.30. The first-order chi connectivity index (χ1) is 8.19. The van der Waals surface area contributed by atoms with E-state index in [-0.39, 0.29) is 0 Å². The molecule has 0 aliphatic carbocycles. The van der Waals surface area contributed by atoms with Gasteiger partial charge in [0, 0.05) is 6.54 Å². The second kappa shape index (κ2) is 7.09. The highest BCUT2D eigenvalue weighted by atomic mass is 16.5. The van der Waals surface area contributed by atoms with Crippen LogP contribution in [0.15, 0.2) is 0 Å². The molecule has 0 fully saturated rings. The summed E-state index contributed by atoms with van der Waals surface area (Å²) in [5.74, 6) is 2.36. The van der Waals surface area contributed by atoms with Gasteiger partial charge in [0.15, 0.2) is 0 Å². The van der Waals surface area contributed by atoms with Gasteiger partial charge in [0.25, 0.3) is 0 Å². The fraction of sp³-hybridized carbons (Fsp3) is 0.692. The van der Waals surface area contributed by atoms with E-state index in [1.165, 1.54) is 0 Å². The average molecular weight is 237 g/mol. The maximum atomic E-state index is 5.69. The van der Waals surface area contributed by atoms with E-state index in [9.17, 15) is 0 Å². The van der Waals surface area contributed by atoms with Gasteiger partial charge in [-0.1, -0.05) is 20.3 Å². The molecular weight excluding hydrogens is 214 g/mol. The molecule has 4 nitrogen and oxygen atoms in total. The highest BCUT2D eigenvalue weighted by molar-refractivity contribution is 5.48. The van der Waals surface area contributed by atoms with Crippen molar-refractivity contribution in [1.82, 2.24) is 9.97 Å². The molecular formula is C13H23N3O. The van der Waals surface area contributed by atoms with Crippen LogP contribution in [0.3, 0.4) is 0 Å². The number of nitrogens with one attached hydrogen (secondary N) is 1. The summed E-state index contributed by atoms with van der Waals surface area (Å²) in [5.41, 5.74) is 1.00. The molecule has 0 saturated heterocycles. The van der Waals surface area contributed by atoms with Crippen molar-refractivity contribution in [3.05, 3.63) is 11.4 Å². The zero-order chi connectivity index (χ0) is 12.7. The van der Waals surface area contributed by atoms with Gasteiger partial charge in [0.05, 0.1) is 12.2 Å². The lowest BCUT2D eigenvalue weighted by Crippen LogP contribution is -2.09. The Morgan fingerprint density at radius 1 is 1.12 bits per heavy atom. The highest BCUT2D eigenvalue weighted by Crippen LogP contribution is 2.22. The summed E-state index contributed by atoms with van der Waals surface area (Å²) in [6.07, 6.45) is 3.26. The van der Waals surface area contributed by atoms with Gasteiger partial charge in [-0.15, -0.1) is 0 Å². The van der Waals surface area contributed by atoms with Gasteiger partial charge in [-0.05, 0) is 26.7 Å². The lowest BCUT2D eigenvalue weighted by Gasteiger charge is -2.13. The first kappa shape index (κ1) is 13.7. The standard InChI is InChI=1S/C13H23N3O/c1-5-7-9-17-13-10(3)12(14-8-6-2)15-11(4)16-13/h5-9H2,1-4H3,(H,14,15,16). The third-order valence-electron chi connectivity index (χ3n) is 2.49. The molecule has 0 unspecified atom stereocenters. The van der Waals surface area contributed by atoms with E-state index in [4.69, 9.17) is 4.74 Å². The first-order valence-electron chi connectivity index (χ1n) is 6.40. The predicted octanol–water partition coefficient (Wildman–Crippen LogP) is 3.09. The number of rotatable bonds is 7. The van der Waals surface area contributed by atoms with Crippen molar-refractivity contribution in [2.24, 2.45) is 0 Å². The molecule has 1 rings (SSSR count). The first-order valence-corrected chi connectivity index (χ1v) is 6.40. The van der Waals surface area contributed by atoms with Gasteiger partial charge in [-0.25, -0.2) is 4.98 Å². The van der Waals surface area contributed by atoms with Crippen LogP contribution in [0.1, 0.15) is 44.5 Å². The van der Waals surface area contributed by atoms with Gasteiger partial charge in [-0.3, -0.25) is 0 Å². The van der Waals surface area contributed by atoms with E-state index in [0.29, 0.717) is 5.88 Å². The van der Waals surface area contributed by atoms with Crippen LogP contribution in [-0.2, 0) is 0 Å². The number of hydrogen-bond acceptors (Lipinski definition) is 4. The molecule has 0 aliphatic heterocycles. The topological polar surface area (TPSA) is 47.0 Å². The van der Waals surface area contributed by atoms with Crippen LogP contribution in [0, 0.1) is 13.8 Å². The van der Waals surface area contributed by atoms with Crippen molar-refractivity contribution in [2.75, 3.05) is 18.5 Å². The molecule has 1 aromatic heterocycles. The second-order valence-corrected chi connectivity index (χ2v) is 4.18. The third kappa shape index (κ3) is 4.21. The molecule has 0 radical (unpaired) electrons. The Bertz CT molecular complexity index is 353. The van der Waals surface area contributed by atoms with Gasteiger partial charge in [-0.2, -0.15) is 4.98 Å². The summed E-state index contributed by atoms with van der Waals surface area (Å²) >= 11 is 0. The molecule has 96 valence electrons. The Morgan fingerprint density at radius 2 is 1.88 bits per heavy atom. The summed E-state index contributed by atoms with van der Waals surface area (Å²) in [6.45, 7) is 9.82. The van der Waals surface area contributed by atoms with Crippen LogP contribution < -0.4 is 10.1 Å². The van der Waals surface area contributed by atoms with Crippen molar-refractivity contribution in [2.45, 2.75) is 47.0 Å². The molecule has 0 saturated carbocycles. The summed E-state index contributed by atoms with van der Waals surface area (Å²) in [6, 6.07) is 0. The van der Waals surface area contributed by atoms with E-state index >= 15 is 0 Å². The van der Waals surface area contributed by atoms with Crippen LogP contribution in [0.25, 0.3) is 0 Å². The lowest BCUT2D eigenvalue weighted by atomic mass is 10.3. The monoisotopic (exact) mass is 237 g/mol. The van der Waals surface area contributed by atoms with Crippen LogP contribution in [-0.4, -0.2) is 23.1 Å². The number of unbranched alkanes of at least 4 members (excludes halogenated alkanes) is 1. The smallest absolute Gasteiger partial charge is 0.221 e. The SMILES string of the molecule is CCCCOc1nc(C)nc(NCCC)c1C. The molecule has 17 heavy (non-hydrogen) atoms. The van der Waals surface area contributed by atoms with E-state index in [1.807, 2.05) is 13.8 Å². The maximum Gasteiger partial charge on any atom is 0.221 e. The Kier molecular flexibility index (Phi) is 5.73. The maximum absolute atomic E-state index is 5.69. The molecule has 1 aromatic rings. The van der Waals surface area contributed by atoms with Crippen molar-refractivity contribution in [1.29, 1.82) is 0 Å². The van der Waals surface area contributed by atoms with Gasteiger partial charge in [0.2, 0.25) is 5.88 Å². The van der Waals surface area contributed by atoms with Crippen LogP contribution in [0.5, 0.6) is 5.88 Å². The van der Waals surface area contributed by atoms with E-state index in [1.54, 1.807) is 0 Å². The summed E-state index contributed by atoms with van der Waals surface area (Å²) < 4.78 is 5.69.